The highest BCUT2D eigenvalue weighted by molar-refractivity contribution is 14.1. The van der Waals surface area contributed by atoms with E-state index in [2.05, 4.69) is 27.7 Å². The van der Waals surface area contributed by atoms with Crippen LogP contribution in [-0.2, 0) is 6.18 Å². The molecule has 0 N–H and O–H groups in total. The van der Waals surface area contributed by atoms with Crippen molar-refractivity contribution in [2.24, 2.45) is 0 Å². The van der Waals surface area contributed by atoms with Crippen LogP contribution >= 0.6 is 22.6 Å². The second-order valence-corrected chi connectivity index (χ2v) is 4.61. The minimum Gasteiger partial charge on any atom is -0.240 e. The normalized spacial score (nSPS) is 11.8. The molecule has 90 valence electrons. The summed E-state index contributed by atoms with van der Waals surface area (Å²) in [6, 6.07) is 4.93. The van der Waals surface area contributed by atoms with Gasteiger partial charge in [-0.15, -0.1) is 0 Å². The van der Waals surface area contributed by atoms with E-state index >= 15 is 0 Å². The van der Waals surface area contributed by atoms with Crippen LogP contribution in [0.4, 0.5) is 13.2 Å². The van der Waals surface area contributed by atoms with Gasteiger partial charge < -0.3 is 0 Å². The Morgan fingerprint density at radius 2 is 1.76 bits per heavy atom. The summed E-state index contributed by atoms with van der Waals surface area (Å²) in [5.41, 5.74) is 0.953. The molecule has 0 fully saturated rings. The average Bonchev–Trinajstić information content (AvgIpc) is 2.58. The molecule has 1 aromatic heterocycles. The van der Waals surface area contributed by atoms with Crippen LogP contribution in [0.3, 0.4) is 0 Å². The van der Waals surface area contributed by atoms with E-state index in [1.165, 1.54) is 12.1 Å². The van der Waals surface area contributed by atoms with Crippen LogP contribution in [0.2, 0.25) is 0 Å². The lowest BCUT2D eigenvalue weighted by Crippen LogP contribution is -2.05. The Hall–Kier alpha value is -1.05. The number of alkyl halides is 3. The van der Waals surface area contributed by atoms with E-state index in [1.54, 1.807) is 10.9 Å². The number of nitrogens with zero attached hydrogens (tertiary/aromatic N) is 2. The number of aryl methyl sites for hydroxylation is 1. The predicted molar refractivity (Wildman–Crippen MR) is 66.0 cm³/mol. The summed E-state index contributed by atoms with van der Waals surface area (Å²) in [5, 5.41) is 4.19. The molecule has 0 aliphatic carbocycles. The highest BCUT2D eigenvalue weighted by Crippen LogP contribution is 2.29. The van der Waals surface area contributed by atoms with Gasteiger partial charge in [-0.1, -0.05) is 0 Å². The molecule has 0 bridgehead atoms. The molecular weight excluding hydrogens is 344 g/mol. The minimum atomic E-state index is -4.30. The SMILES string of the molecule is Cc1cn(-c2ccc(C(F)(F)F)cc2)nc1I. The molecule has 0 unspecified atom stereocenters. The Bertz CT molecular complexity index is 509. The average molecular weight is 352 g/mol. The van der Waals surface area contributed by atoms with Gasteiger partial charge in [-0.05, 0) is 53.8 Å². The van der Waals surface area contributed by atoms with E-state index in [0.717, 1.165) is 21.4 Å². The first-order chi connectivity index (χ1) is 7.88. The minimum absolute atomic E-state index is 0.615. The first kappa shape index (κ1) is 12.4. The van der Waals surface area contributed by atoms with Gasteiger partial charge >= 0.3 is 6.18 Å². The largest absolute Gasteiger partial charge is 0.416 e. The third kappa shape index (κ3) is 2.62. The van der Waals surface area contributed by atoms with E-state index < -0.39 is 11.7 Å². The number of aromatic nitrogens is 2. The van der Waals surface area contributed by atoms with Gasteiger partial charge in [0.15, 0.2) is 0 Å². The molecule has 0 amide bonds. The second kappa shape index (κ2) is 4.32. The summed E-state index contributed by atoms with van der Waals surface area (Å²) in [6.45, 7) is 1.90. The summed E-state index contributed by atoms with van der Waals surface area (Å²) in [7, 11) is 0. The van der Waals surface area contributed by atoms with E-state index in [1.807, 2.05) is 6.92 Å². The predicted octanol–water partition coefficient (Wildman–Crippen LogP) is 3.80. The topological polar surface area (TPSA) is 17.8 Å². The standard InChI is InChI=1S/C11H8F3IN2/c1-7-6-17(16-10(7)15)9-4-2-8(3-5-9)11(12,13)14/h2-6H,1H3. The highest BCUT2D eigenvalue weighted by atomic mass is 127. The summed E-state index contributed by atoms with van der Waals surface area (Å²) in [4.78, 5) is 0. The Balaban J connectivity index is 2.36. The van der Waals surface area contributed by atoms with Crippen LogP contribution in [0, 0.1) is 10.6 Å². The van der Waals surface area contributed by atoms with Crippen molar-refractivity contribution in [1.29, 1.82) is 0 Å². The van der Waals surface area contributed by atoms with Gasteiger partial charge in [-0.25, -0.2) is 4.68 Å². The van der Waals surface area contributed by atoms with Gasteiger partial charge in [-0.2, -0.15) is 18.3 Å². The quantitative estimate of drug-likeness (QED) is 0.714. The van der Waals surface area contributed by atoms with Crippen molar-refractivity contribution in [3.05, 3.63) is 45.3 Å². The van der Waals surface area contributed by atoms with Crippen molar-refractivity contribution in [3.8, 4) is 5.69 Å². The lowest BCUT2D eigenvalue weighted by Gasteiger charge is -2.07. The van der Waals surface area contributed by atoms with Gasteiger partial charge in [0.2, 0.25) is 0 Å². The molecular formula is C11H8F3IN2. The molecule has 17 heavy (non-hydrogen) atoms. The zero-order valence-electron chi connectivity index (χ0n) is 8.79. The molecule has 0 radical (unpaired) electrons. The van der Waals surface area contributed by atoms with Crippen molar-refractivity contribution < 1.29 is 13.2 Å². The molecule has 1 heterocycles. The van der Waals surface area contributed by atoms with Crippen LogP contribution in [0.15, 0.2) is 30.5 Å². The van der Waals surface area contributed by atoms with Gasteiger partial charge in [0.1, 0.15) is 3.70 Å². The van der Waals surface area contributed by atoms with Crippen LogP contribution in [0.1, 0.15) is 11.1 Å². The lowest BCUT2D eigenvalue weighted by molar-refractivity contribution is -0.137. The molecule has 1 aromatic carbocycles. The number of benzene rings is 1. The molecule has 0 aliphatic heterocycles. The van der Waals surface area contributed by atoms with Crippen LogP contribution in [0.5, 0.6) is 0 Å². The van der Waals surface area contributed by atoms with E-state index in [4.69, 9.17) is 0 Å². The maximum Gasteiger partial charge on any atom is 0.416 e. The number of hydrogen-bond donors (Lipinski definition) is 0. The molecule has 0 spiro atoms. The Kier molecular flexibility index (Phi) is 3.15. The molecule has 2 aromatic rings. The number of halogens is 4. The third-order valence-electron chi connectivity index (χ3n) is 2.30. The van der Waals surface area contributed by atoms with Crippen molar-refractivity contribution >= 4 is 22.6 Å². The molecule has 0 saturated heterocycles. The summed E-state index contributed by atoms with van der Waals surface area (Å²) in [5.74, 6) is 0. The molecule has 0 aliphatic rings. The molecule has 6 heteroatoms. The maximum atomic E-state index is 12.4. The smallest absolute Gasteiger partial charge is 0.240 e. The summed E-state index contributed by atoms with van der Waals surface area (Å²) in [6.07, 6.45) is -2.52. The molecule has 0 atom stereocenters. The zero-order valence-corrected chi connectivity index (χ0v) is 11.0. The van der Waals surface area contributed by atoms with E-state index in [9.17, 15) is 13.2 Å². The first-order valence-corrected chi connectivity index (χ1v) is 5.85. The van der Waals surface area contributed by atoms with Gasteiger partial charge in [-0.3, -0.25) is 0 Å². The summed E-state index contributed by atoms with van der Waals surface area (Å²) >= 11 is 2.08. The van der Waals surface area contributed by atoms with Crippen molar-refractivity contribution in [2.45, 2.75) is 13.1 Å². The monoisotopic (exact) mass is 352 g/mol. The fraction of sp³-hybridized carbons (Fsp3) is 0.182. The molecule has 2 nitrogen and oxygen atoms in total. The van der Waals surface area contributed by atoms with Gasteiger partial charge in [0.25, 0.3) is 0 Å². The van der Waals surface area contributed by atoms with E-state index in [-0.39, 0.29) is 0 Å². The maximum absolute atomic E-state index is 12.4. The van der Waals surface area contributed by atoms with Gasteiger partial charge in [0.05, 0.1) is 11.3 Å². The third-order valence-corrected chi connectivity index (χ3v) is 3.36. The van der Waals surface area contributed by atoms with Gasteiger partial charge in [0, 0.05) is 11.8 Å². The fourth-order valence-corrected chi connectivity index (χ4v) is 1.75. The lowest BCUT2D eigenvalue weighted by atomic mass is 10.2. The Labute approximate surface area is 110 Å². The fourth-order valence-electron chi connectivity index (χ4n) is 1.37. The second-order valence-electron chi connectivity index (χ2n) is 3.59. The Morgan fingerprint density at radius 1 is 1.18 bits per heavy atom. The number of hydrogen-bond acceptors (Lipinski definition) is 1. The van der Waals surface area contributed by atoms with E-state index in [0.29, 0.717) is 5.69 Å². The Morgan fingerprint density at radius 3 is 2.18 bits per heavy atom. The van der Waals surface area contributed by atoms with Crippen LogP contribution in [-0.4, -0.2) is 9.78 Å². The molecule has 2 rings (SSSR count). The van der Waals surface area contributed by atoms with Crippen molar-refractivity contribution in [3.63, 3.8) is 0 Å². The zero-order chi connectivity index (χ0) is 12.6. The molecule has 0 saturated carbocycles. The first-order valence-electron chi connectivity index (χ1n) is 4.77. The van der Waals surface area contributed by atoms with Crippen LogP contribution in [0.25, 0.3) is 5.69 Å². The van der Waals surface area contributed by atoms with Crippen molar-refractivity contribution in [2.75, 3.05) is 0 Å². The summed E-state index contributed by atoms with van der Waals surface area (Å²) < 4.78 is 39.5. The van der Waals surface area contributed by atoms with Crippen molar-refractivity contribution in [1.82, 2.24) is 9.78 Å². The highest BCUT2D eigenvalue weighted by Gasteiger charge is 2.30. The number of rotatable bonds is 1. The van der Waals surface area contributed by atoms with Crippen LogP contribution < -0.4 is 0 Å².